The smallest absolute Gasteiger partial charge is 0.180 e. The molecule has 0 N–H and O–H groups in total. The molecule has 0 atom stereocenters. The Labute approximate surface area is 70.7 Å². The van der Waals surface area contributed by atoms with E-state index < -0.39 is 0 Å². The van der Waals surface area contributed by atoms with E-state index in [2.05, 4.69) is 4.99 Å². The third-order valence-electron chi connectivity index (χ3n) is 0.769. The maximum absolute atomic E-state index is 5.34. The zero-order valence-corrected chi connectivity index (χ0v) is 8.86. The zero-order chi connectivity index (χ0) is 9.49. The highest BCUT2D eigenvalue weighted by atomic mass is 16.5. The van der Waals surface area contributed by atoms with Gasteiger partial charge in [0, 0.05) is 14.0 Å². The average molecular weight is 159 g/mol. The van der Waals surface area contributed by atoms with Crippen LogP contribution in [0.1, 0.15) is 41.5 Å². The molecule has 0 heterocycles. The van der Waals surface area contributed by atoms with E-state index in [1.807, 2.05) is 41.5 Å². The van der Waals surface area contributed by atoms with Gasteiger partial charge in [0.25, 0.3) is 0 Å². The number of hydrogen-bond donors (Lipinski definition) is 0. The summed E-state index contributed by atoms with van der Waals surface area (Å²) >= 11 is 0. The highest BCUT2D eigenvalue weighted by Gasteiger charge is 2.10. The topological polar surface area (TPSA) is 21.6 Å². The summed E-state index contributed by atoms with van der Waals surface area (Å²) in [6.07, 6.45) is 0. The van der Waals surface area contributed by atoms with E-state index in [-0.39, 0.29) is 5.60 Å². The Morgan fingerprint density at radius 2 is 1.55 bits per heavy atom. The molecular formula is C9H21NO. The molecular weight excluding hydrogens is 138 g/mol. The van der Waals surface area contributed by atoms with Gasteiger partial charge in [-0.2, -0.15) is 0 Å². The molecule has 2 nitrogen and oxygen atoms in total. The maximum atomic E-state index is 5.34. The van der Waals surface area contributed by atoms with Crippen molar-refractivity contribution in [3.63, 3.8) is 0 Å². The van der Waals surface area contributed by atoms with Crippen LogP contribution in [0.15, 0.2) is 4.99 Å². The molecule has 0 fully saturated rings. The number of rotatable bonds is 0. The second-order valence-corrected chi connectivity index (χ2v) is 2.96. The van der Waals surface area contributed by atoms with Crippen molar-refractivity contribution in [2.75, 3.05) is 7.05 Å². The molecule has 0 aromatic rings. The van der Waals surface area contributed by atoms with Crippen LogP contribution in [-0.2, 0) is 4.74 Å². The van der Waals surface area contributed by atoms with Crippen molar-refractivity contribution < 1.29 is 4.74 Å². The van der Waals surface area contributed by atoms with Crippen LogP contribution in [-0.4, -0.2) is 18.5 Å². The summed E-state index contributed by atoms with van der Waals surface area (Å²) in [5.74, 6) is 0.738. The van der Waals surface area contributed by atoms with Gasteiger partial charge in [0.15, 0.2) is 5.90 Å². The Bertz CT molecular complexity index is 111. The van der Waals surface area contributed by atoms with Crippen LogP contribution in [0.2, 0.25) is 0 Å². The fourth-order valence-corrected chi connectivity index (χ4v) is 0.489. The predicted octanol–water partition coefficient (Wildman–Crippen LogP) is 2.88. The van der Waals surface area contributed by atoms with Crippen molar-refractivity contribution in [2.45, 2.75) is 47.1 Å². The van der Waals surface area contributed by atoms with Crippen molar-refractivity contribution >= 4 is 5.90 Å². The van der Waals surface area contributed by atoms with Gasteiger partial charge >= 0.3 is 0 Å². The molecule has 0 aliphatic rings. The van der Waals surface area contributed by atoms with Gasteiger partial charge in [-0.3, -0.25) is 4.99 Å². The second-order valence-electron chi connectivity index (χ2n) is 2.96. The fraction of sp³-hybridized carbons (Fsp3) is 0.889. The molecule has 0 rings (SSSR count). The molecule has 0 radical (unpaired) electrons. The molecule has 0 aliphatic heterocycles. The van der Waals surface area contributed by atoms with E-state index in [0.29, 0.717) is 0 Å². The Balaban J connectivity index is 0. The lowest BCUT2D eigenvalue weighted by Crippen LogP contribution is -2.22. The third-order valence-corrected chi connectivity index (χ3v) is 0.769. The van der Waals surface area contributed by atoms with E-state index in [1.54, 1.807) is 7.05 Å². The SMILES string of the molecule is CC.CN=C(C)OC(C)(C)C. The summed E-state index contributed by atoms with van der Waals surface area (Å²) in [4.78, 5) is 3.87. The van der Waals surface area contributed by atoms with Gasteiger partial charge < -0.3 is 4.74 Å². The lowest BCUT2D eigenvalue weighted by atomic mass is 10.2. The lowest BCUT2D eigenvalue weighted by molar-refractivity contribution is 0.115. The highest BCUT2D eigenvalue weighted by Crippen LogP contribution is 2.06. The van der Waals surface area contributed by atoms with E-state index in [0.717, 1.165) is 5.90 Å². The minimum atomic E-state index is -0.108. The van der Waals surface area contributed by atoms with Gasteiger partial charge in [0.2, 0.25) is 0 Å². The van der Waals surface area contributed by atoms with Crippen molar-refractivity contribution in [1.29, 1.82) is 0 Å². The molecule has 0 aromatic carbocycles. The zero-order valence-electron chi connectivity index (χ0n) is 8.86. The van der Waals surface area contributed by atoms with Crippen LogP contribution in [0.3, 0.4) is 0 Å². The molecule has 0 aromatic heterocycles. The van der Waals surface area contributed by atoms with Crippen LogP contribution in [0.5, 0.6) is 0 Å². The quantitative estimate of drug-likeness (QED) is 0.393. The first-order chi connectivity index (χ1) is 4.95. The maximum Gasteiger partial charge on any atom is 0.180 e. The van der Waals surface area contributed by atoms with Crippen LogP contribution >= 0.6 is 0 Å². The molecule has 0 spiro atoms. The third kappa shape index (κ3) is 12.6. The van der Waals surface area contributed by atoms with Gasteiger partial charge in [-0.05, 0) is 20.8 Å². The Morgan fingerprint density at radius 3 is 1.64 bits per heavy atom. The van der Waals surface area contributed by atoms with Crippen molar-refractivity contribution in [1.82, 2.24) is 0 Å². The number of nitrogens with zero attached hydrogens (tertiary/aromatic N) is 1. The van der Waals surface area contributed by atoms with Gasteiger partial charge in [-0.25, -0.2) is 0 Å². The molecule has 0 saturated heterocycles. The normalized spacial score (nSPS) is 11.7. The molecule has 68 valence electrons. The Morgan fingerprint density at radius 1 is 1.18 bits per heavy atom. The first-order valence-electron chi connectivity index (χ1n) is 4.08. The van der Waals surface area contributed by atoms with Gasteiger partial charge in [-0.1, -0.05) is 13.8 Å². The monoisotopic (exact) mass is 159 g/mol. The summed E-state index contributed by atoms with van der Waals surface area (Å²) < 4.78 is 5.34. The summed E-state index contributed by atoms with van der Waals surface area (Å²) in [5.41, 5.74) is -0.108. The minimum Gasteiger partial charge on any atom is -0.476 e. The minimum absolute atomic E-state index is 0.108. The number of hydrogen-bond acceptors (Lipinski definition) is 2. The van der Waals surface area contributed by atoms with Crippen molar-refractivity contribution in [3.05, 3.63) is 0 Å². The van der Waals surface area contributed by atoms with Crippen molar-refractivity contribution in [2.24, 2.45) is 4.99 Å². The Kier molecular flexibility index (Phi) is 7.37. The first kappa shape index (κ1) is 13.1. The standard InChI is InChI=1S/C7H15NO.C2H6/c1-6(8-5)9-7(2,3)4;1-2/h1-5H3;1-2H3. The van der Waals surface area contributed by atoms with Crippen LogP contribution in [0, 0.1) is 0 Å². The molecule has 0 saturated carbocycles. The molecule has 0 unspecified atom stereocenters. The average Bonchev–Trinajstić information content (AvgIpc) is 1.89. The summed E-state index contributed by atoms with van der Waals surface area (Å²) in [5, 5.41) is 0. The first-order valence-corrected chi connectivity index (χ1v) is 4.08. The van der Waals surface area contributed by atoms with Crippen LogP contribution in [0.25, 0.3) is 0 Å². The number of ether oxygens (including phenoxy) is 1. The van der Waals surface area contributed by atoms with Crippen molar-refractivity contribution in [3.8, 4) is 0 Å². The molecule has 0 aliphatic carbocycles. The highest BCUT2D eigenvalue weighted by molar-refractivity contribution is 5.73. The van der Waals surface area contributed by atoms with Gasteiger partial charge in [-0.15, -0.1) is 0 Å². The van der Waals surface area contributed by atoms with Crippen LogP contribution in [0.4, 0.5) is 0 Å². The van der Waals surface area contributed by atoms with E-state index in [1.165, 1.54) is 0 Å². The predicted molar refractivity (Wildman–Crippen MR) is 51.2 cm³/mol. The van der Waals surface area contributed by atoms with E-state index >= 15 is 0 Å². The fourth-order valence-electron chi connectivity index (χ4n) is 0.489. The largest absolute Gasteiger partial charge is 0.476 e. The molecule has 2 heteroatoms. The summed E-state index contributed by atoms with van der Waals surface area (Å²) in [6, 6.07) is 0. The van der Waals surface area contributed by atoms with Gasteiger partial charge in [0.1, 0.15) is 5.60 Å². The Hall–Kier alpha value is -0.530. The van der Waals surface area contributed by atoms with E-state index in [9.17, 15) is 0 Å². The molecule has 0 bridgehead atoms. The number of aliphatic imine (C=N–C) groups is 1. The molecule has 0 amide bonds. The lowest BCUT2D eigenvalue weighted by Gasteiger charge is -2.19. The second kappa shape index (κ2) is 6.20. The molecule has 11 heavy (non-hydrogen) atoms. The van der Waals surface area contributed by atoms with E-state index in [4.69, 9.17) is 4.74 Å². The van der Waals surface area contributed by atoms with Crippen LogP contribution < -0.4 is 0 Å². The van der Waals surface area contributed by atoms with Gasteiger partial charge in [0.05, 0.1) is 0 Å². The summed E-state index contributed by atoms with van der Waals surface area (Å²) in [6.45, 7) is 11.9. The summed E-state index contributed by atoms with van der Waals surface area (Å²) in [7, 11) is 1.72.